The standard InChI is InChI=1S/C25H19NO5/c1-15-8-6-7-11-21(15)26-23(28)19-13-12-18(14-20(19)24(26)29)25(30)31-16(2)22(27)17-9-4-3-5-10-17/h3-14,16H,1-2H3/t16-/m1/s1. The summed E-state index contributed by atoms with van der Waals surface area (Å²) in [6.07, 6.45) is -0.996. The molecule has 0 bridgehead atoms. The second kappa shape index (κ2) is 7.99. The molecular formula is C25H19NO5. The van der Waals surface area contributed by atoms with Crippen molar-refractivity contribution in [1.29, 1.82) is 0 Å². The Labute approximate surface area is 179 Å². The number of rotatable bonds is 5. The third-order valence-corrected chi connectivity index (χ3v) is 5.19. The maximum absolute atomic E-state index is 12.9. The molecule has 0 N–H and O–H groups in total. The van der Waals surface area contributed by atoms with Crippen LogP contribution in [-0.2, 0) is 4.74 Å². The van der Waals surface area contributed by atoms with E-state index < -0.39 is 23.9 Å². The number of ether oxygens (including phenoxy) is 1. The van der Waals surface area contributed by atoms with Crippen molar-refractivity contribution < 1.29 is 23.9 Å². The van der Waals surface area contributed by atoms with Gasteiger partial charge in [-0.25, -0.2) is 9.69 Å². The van der Waals surface area contributed by atoms with Crippen molar-refractivity contribution in [2.75, 3.05) is 4.90 Å². The van der Waals surface area contributed by atoms with Crippen LogP contribution in [0, 0.1) is 6.92 Å². The highest BCUT2D eigenvalue weighted by Crippen LogP contribution is 2.31. The Morgan fingerprint density at radius 1 is 0.806 bits per heavy atom. The Hall–Kier alpha value is -4.06. The molecule has 0 fully saturated rings. The normalized spacial score (nSPS) is 13.7. The predicted octanol–water partition coefficient (Wildman–Crippen LogP) is 4.22. The van der Waals surface area contributed by atoms with Gasteiger partial charge in [-0.3, -0.25) is 14.4 Å². The van der Waals surface area contributed by atoms with Crippen molar-refractivity contribution in [1.82, 2.24) is 0 Å². The maximum Gasteiger partial charge on any atom is 0.338 e. The fraction of sp³-hybridized carbons (Fsp3) is 0.120. The number of imide groups is 1. The average molecular weight is 413 g/mol. The average Bonchev–Trinajstić information content (AvgIpc) is 3.03. The summed E-state index contributed by atoms with van der Waals surface area (Å²) in [5, 5.41) is 0. The molecule has 1 atom stereocenters. The van der Waals surface area contributed by atoms with E-state index in [2.05, 4.69) is 0 Å². The summed E-state index contributed by atoms with van der Waals surface area (Å²) in [6, 6.07) is 19.8. The maximum atomic E-state index is 12.9. The fourth-order valence-corrected chi connectivity index (χ4v) is 3.52. The smallest absolute Gasteiger partial charge is 0.338 e. The van der Waals surface area contributed by atoms with E-state index in [1.165, 1.54) is 25.1 Å². The topological polar surface area (TPSA) is 80.8 Å². The van der Waals surface area contributed by atoms with Gasteiger partial charge in [-0.05, 0) is 43.7 Å². The molecule has 0 saturated carbocycles. The van der Waals surface area contributed by atoms with Gasteiger partial charge in [0.25, 0.3) is 11.8 Å². The number of esters is 1. The minimum absolute atomic E-state index is 0.0965. The molecule has 3 aromatic rings. The SMILES string of the molecule is Cc1ccccc1N1C(=O)c2ccc(C(=O)O[C@H](C)C(=O)c3ccccc3)cc2C1=O. The zero-order chi connectivity index (χ0) is 22.1. The van der Waals surface area contributed by atoms with E-state index in [4.69, 9.17) is 4.74 Å². The Kier molecular flexibility index (Phi) is 5.21. The quantitative estimate of drug-likeness (QED) is 0.355. The molecule has 0 aliphatic carbocycles. The summed E-state index contributed by atoms with van der Waals surface area (Å²) >= 11 is 0. The minimum Gasteiger partial charge on any atom is -0.451 e. The van der Waals surface area contributed by atoms with Gasteiger partial charge < -0.3 is 4.74 Å². The summed E-state index contributed by atoms with van der Waals surface area (Å²) in [5.74, 6) is -2.01. The number of hydrogen-bond acceptors (Lipinski definition) is 5. The number of aryl methyl sites for hydroxylation is 1. The molecular weight excluding hydrogens is 394 g/mol. The summed E-state index contributed by atoms with van der Waals surface area (Å²) < 4.78 is 5.31. The van der Waals surface area contributed by atoms with Crippen molar-refractivity contribution in [2.24, 2.45) is 0 Å². The lowest BCUT2D eigenvalue weighted by molar-refractivity contribution is 0.0318. The van der Waals surface area contributed by atoms with Gasteiger partial charge in [0.05, 0.1) is 22.4 Å². The monoisotopic (exact) mass is 413 g/mol. The number of benzene rings is 3. The molecule has 6 nitrogen and oxygen atoms in total. The first-order valence-electron chi connectivity index (χ1n) is 9.77. The number of nitrogens with zero attached hydrogens (tertiary/aromatic N) is 1. The van der Waals surface area contributed by atoms with Gasteiger partial charge in [-0.15, -0.1) is 0 Å². The third kappa shape index (κ3) is 3.64. The lowest BCUT2D eigenvalue weighted by Gasteiger charge is -2.16. The number of para-hydroxylation sites is 1. The zero-order valence-electron chi connectivity index (χ0n) is 17.0. The highest BCUT2D eigenvalue weighted by Gasteiger charge is 2.38. The molecule has 31 heavy (non-hydrogen) atoms. The molecule has 0 saturated heterocycles. The van der Waals surface area contributed by atoms with Gasteiger partial charge in [0.2, 0.25) is 5.78 Å². The molecule has 3 aromatic carbocycles. The van der Waals surface area contributed by atoms with Gasteiger partial charge >= 0.3 is 5.97 Å². The van der Waals surface area contributed by atoms with Crippen LogP contribution in [0.2, 0.25) is 0 Å². The van der Waals surface area contributed by atoms with E-state index in [1.54, 1.807) is 42.5 Å². The number of carbonyl (C=O) groups excluding carboxylic acids is 4. The highest BCUT2D eigenvalue weighted by molar-refractivity contribution is 6.35. The Bertz CT molecular complexity index is 1220. The van der Waals surface area contributed by atoms with Crippen LogP contribution in [0.15, 0.2) is 72.8 Å². The predicted molar refractivity (Wildman–Crippen MR) is 114 cm³/mol. The molecule has 4 rings (SSSR count). The molecule has 1 aliphatic heterocycles. The van der Waals surface area contributed by atoms with Crippen LogP contribution in [0.1, 0.15) is 53.9 Å². The van der Waals surface area contributed by atoms with E-state index in [-0.39, 0.29) is 22.5 Å². The number of amides is 2. The Morgan fingerprint density at radius 3 is 2.16 bits per heavy atom. The first kappa shape index (κ1) is 20.2. The molecule has 1 heterocycles. The summed E-state index contributed by atoms with van der Waals surface area (Å²) in [4.78, 5) is 51.9. The second-order valence-electron chi connectivity index (χ2n) is 7.27. The van der Waals surface area contributed by atoms with Crippen LogP contribution in [0.5, 0.6) is 0 Å². The number of Topliss-reactive ketones (excluding diaryl/α,β-unsaturated/α-hetero) is 1. The molecule has 6 heteroatoms. The van der Waals surface area contributed by atoms with Crippen molar-refractivity contribution in [3.05, 3.63) is 101 Å². The first-order valence-corrected chi connectivity index (χ1v) is 9.77. The fourth-order valence-electron chi connectivity index (χ4n) is 3.52. The number of fused-ring (bicyclic) bond motifs is 1. The second-order valence-corrected chi connectivity index (χ2v) is 7.27. The largest absolute Gasteiger partial charge is 0.451 e. The van der Waals surface area contributed by atoms with E-state index in [0.717, 1.165) is 10.5 Å². The van der Waals surface area contributed by atoms with Crippen molar-refractivity contribution in [3.63, 3.8) is 0 Å². The van der Waals surface area contributed by atoms with Crippen LogP contribution in [0.4, 0.5) is 5.69 Å². The third-order valence-electron chi connectivity index (χ3n) is 5.19. The first-order chi connectivity index (χ1) is 14.9. The summed E-state index contributed by atoms with van der Waals surface area (Å²) in [7, 11) is 0. The van der Waals surface area contributed by atoms with Crippen LogP contribution >= 0.6 is 0 Å². The van der Waals surface area contributed by atoms with Gasteiger partial charge in [-0.2, -0.15) is 0 Å². The Balaban J connectivity index is 1.57. The number of hydrogen-bond donors (Lipinski definition) is 0. The van der Waals surface area contributed by atoms with Crippen LogP contribution in [0.3, 0.4) is 0 Å². The van der Waals surface area contributed by atoms with E-state index >= 15 is 0 Å². The van der Waals surface area contributed by atoms with Gasteiger partial charge in [-0.1, -0.05) is 48.5 Å². The number of ketones is 1. The van der Waals surface area contributed by atoms with Gasteiger partial charge in [0.15, 0.2) is 6.10 Å². The lowest BCUT2D eigenvalue weighted by Crippen LogP contribution is -2.29. The zero-order valence-corrected chi connectivity index (χ0v) is 17.0. The molecule has 0 spiro atoms. The molecule has 0 radical (unpaired) electrons. The Morgan fingerprint density at radius 2 is 1.45 bits per heavy atom. The number of anilines is 1. The highest BCUT2D eigenvalue weighted by atomic mass is 16.5. The van der Waals surface area contributed by atoms with Crippen molar-refractivity contribution in [2.45, 2.75) is 20.0 Å². The van der Waals surface area contributed by atoms with E-state index in [1.807, 2.05) is 19.1 Å². The molecule has 1 aliphatic rings. The molecule has 2 amide bonds. The van der Waals surface area contributed by atoms with Crippen LogP contribution in [0.25, 0.3) is 0 Å². The van der Waals surface area contributed by atoms with E-state index in [9.17, 15) is 19.2 Å². The minimum atomic E-state index is -0.996. The van der Waals surface area contributed by atoms with E-state index in [0.29, 0.717) is 11.3 Å². The summed E-state index contributed by atoms with van der Waals surface area (Å²) in [6.45, 7) is 3.31. The summed E-state index contributed by atoms with van der Waals surface area (Å²) in [5.41, 5.74) is 2.17. The van der Waals surface area contributed by atoms with Gasteiger partial charge in [0, 0.05) is 5.56 Å². The van der Waals surface area contributed by atoms with Gasteiger partial charge in [0.1, 0.15) is 0 Å². The molecule has 0 unspecified atom stereocenters. The van der Waals surface area contributed by atoms with Crippen molar-refractivity contribution in [3.8, 4) is 0 Å². The van der Waals surface area contributed by atoms with Crippen molar-refractivity contribution >= 4 is 29.3 Å². The molecule has 154 valence electrons. The molecule has 0 aromatic heterocycles. The number of carbonyl (C=O) groups is 4. The van der Waals surface area contributed by atoms with Crippen LogP contribution in [-0.4, -0.2) is 29.7 Å². The van der Waals surface area contributed by atoms with Crippen LogP contribution < -0.4 is 4.90 Å². The lowest BCUT2D eigenvalue weighted by atomic mass is 10.1.